The first-order valence-corrected chi connectivity index (χ1v) is 5.01. The smallest absolute Gasteiger partial charge is 0.0349 e. The minimum atomic E-state index is 0.598. The lowest BCUT2D eigenvalue weighted by Crippen LogP contribution is -2.07. The summed E-state index contributed by atoms with van der Waals surface area (Å²) >= 11 is 0. The van der Waals surface area contributed by atoms with E-state index in [4.69, 9.17) is 5.73 Å². The summed E-state index contributed by atoms with van der Waals surface area (Å²) in [6, 6.07) is 8.19. The predicted molar refractivity (Wildman–Crippen MR) is 58.7 cm³/mol. The summed E-state index contributed by atoms with van der Waals surface area (Å²) < 4.78 is 0. The first-order valence-electron chi connectivity index (χ1n) is 5.01. The van der Waals surface area contributed by atoms with Gasteiger partial charge in [-0.2, -0.15) is 0 Å². The van der Waals surface area contributed by atoms with Crippen LogP contribution in [0.15, 0.2) is 24.3 Å². The Hall–Kier alpha value is -0.980. The molecule has 0 radical (unpaired) electrons. The summed E-state index contributed by atoms with van der Waals surface area (Å²) in [6.07, 6.45) is 1.16. The van der Waals surface area contributed by atoms with Gasteiger partial charge in [-0.15, -0.1) is 0 Å². The quantitative estimate of drug-likeness (QED) is 0.703. The second-order valence-corrected chi connectivity index (χ2v) is 3.89. The van der Waals surface area contributed by atoms with Gasteiger partial charge in [-0.05, 0) is 29.9 Å². The zero-order chi connectivity index (χ0) is 9.84. The number of anilines is 1. The van der Waals surface area contributed by atoms with E-state index in [0.717, 1.165) is 12.1 Å². The normalized spacial score (nSPS) is 13.2. The average Bonchev–Trinajstić information content (AvgIpc) is 2.09. The SMILES string of the molecule is CCC(c1ccccc1N)C(C)C. The monoisotopic (exact) mass is 177 g/mol. The van der Waals surface area contributed by atoms with Gasteiger partial charge in [-0.25, -0.2) is 0 Å². The van der Waals surface area contributed by atoms with Crippen LogP contribution in [0, 0.1) is 5.92 Å². The minimum absolute atomic E-state index is 0.598. The highest BCUT2D eigenvalue weighted by atomic mass is 14.6. The van der Waals surface area contributed by atoms with E-state index in [-0.39, 0.29) is 0 Å². The molecule has 0 heterocycles. The molecule has 0 bridgehead atoms. The Labute approximate surface area is 81.0 Å². The summed E-state index contributed by atoms with van der Waals surface area (Å²) in [4.78, 5) is 0. The first kappa shape index (κ1) is 10.1. The molecule has 2 N–H and O–H groups in total. The molecule has 1 aromatic carbocycles. The van der Waals surface area contributed by atoms with Crippen LogP contribution >= 0.6 is 0 Å². The molecule has 0 amide bonds. The van der Waals surface area contributed by atoms with Crippen molar-refractivity contribution in [1.82, 2.24) is 0 Å². The van der Waals surface area contributed by atoms with Crippen molar-refractivity contribution in [3.8, 4) is 0 Å². The largest absolute Gasteiger partial charge is 0.398 e. The van der Waals surface area contributed by atoms with Crippen molar-refractivity contribution >= 4 is 5.69 Å². The molecule has 1 rings (SSSR count). The summed E-state index contributed by atoms with van der Waals surface area (Å²) in [7, 11) is 0. The van der Waals surface area contributed by atoms with Crippen LogP contribution in [0.25, 0.3) is 0 Å². The van der Waals surface area contributed by atoms with Crippen LogP contribution in [0.2, 0.25) is 0 Å². The third-order valence-corrected chi connectivity index (χ3v) is 2.64. The second kappa shape index (κ2) is 4.31. The van der Waals surface area contributed by atoms with Crippen LogP contribution in [0.4, 0.5) is 5.69 Å². The number of hydrogen-bond acceptors (Lipinski definition) is 1. The first-order chi connectivity index (χ1) is 6.16. The standard InChI is InChI=1S/C12H19N/c1-4-10(9(2)3)11-7-5-6-8-12(11)13/h5-10H,4,13H2,1-3H3. The number of nitrogens with two attached hydrogens (primary N) is 1. The van der Waals surface area contributed by atoms with Gasteiger partial charge in [0.05, 0.1) is 0 Å². The van der Waals surface area contributed by atoms with Crippen LogP contribution in [0.1, 0.15) is 38.7 Å². The second-order valence-electron chi connectivity index (χ2n) is 3.89. The van der Waals surface area contributed by atoms with Crippen molar-refractivity contribution in [2.24, 2.45) is 5.92 Å². The Morgan fingerprint density at radius 2 is 1.85 bits per heavy atom. The molecule has 13 heavy (non-hydrogen) atoms. The topological polar surface area (TPSA) is 26.0 Å². The van der Waals surface area contributed by atoms with E-state index in [0.29, 0.717) is 11.8 Å². The Bertz CT molecular complexity index is 266. The van der Waals surface area contributed by atoms with Crippen LogP contribution in [0.5, 0.6) is 0 Å². The fourth-order valence-electron chi connectivity index (χ4n) is 1.90. The molecule has 0 fully saturated rings. The molecule has 0 spiro atoms. The van der Waals surface area contributed by atoms with Crippen molar-refractivity contribution in [3.05, 3.63) is 29.8 Å². The van der Waals surface area contributed by atoms with Gasteiger partial charge in [0.15, 0.2) is 0 Å². The molecule has 72 valence electrons. The molecule has 1 heteroatoms. The van der Waals surface area contributed by atoms with E-state index in [9.17, 15) is 0 Å². The van der Waals surface area contributed by atoms with E-state index in [2.05, 4.69) is 32.9 Å². The summed E-state index contributed by atoms with van der Waals surface area (Å²) in [6.45, 7) is 6.72. The van der Waals surface area contributed by atoms with Crippen molar-refractivity contribution in [1.29, 1.82) is 0 Å². The fourth-order valence-corrected chi connectivity index (χ4v) is 1.90. The van der Waals surface area contributed by atoms with E-state index in [1.165, 1.54) is 5.56 Å². The van der Waals surface area contributed by atoms with E-state index >= 15 is 0 Å². The maximum absolute atomic E-state index is 5.93. The lowest BCUT2D eigenvalue weighted by atomic mass is 9.85. The third-order valence-electron chi connectivity index (χ3n) is 2.64. The maximum atomic E-state index is 5.93. The lowest BCUT2D eigenvalue weighted by Gasteiger charge is -2.20. The number of benzene rings is 1. The van der Waals surface area contributed by atoms with E-state index in [1.54, 1.807) is 0 Å². The molecule has 0 aliphatic rings. The van der Waals surface area contributed by atoms with Crippen LogP contribution < -0.4 is 5.73 Å². The molecule has 1 aromatic rings. The highest BCUT2D eigenvalue weighted by Gasteiger charge is 2.15. The molecule has 1 atom stereocenters. The highest BCUT2D eigenvalue weighted by molar-refractivity contribution is 5.48. The Balaban J connectivity index is 2.97. The molecule has 0 aliphatic carbocycles. The van der Waals surface area contributed by atoms with Gasteiger partial charge in [-0.1, -0.05) is 39.0 Å². The summed E-state index contributed by atoms with van der Waals surface area (Å²) in [5.74, 6) is 1.26. The molecule has 0 saturated carbocycles. The van der Waals surface area contributed by atoms with E-state index in [1.807, 2.05) is 12.1 Å². The van der Waals surface area contributed by atoms with Gasteiger partial charge in [0.1, 0.15) is 0 Å². The molecule has 0 saturated heterocycles. The molecule has 1 unspecified atom stereocenters. The fraction of sp³-hybridized carbons (Fsp3) is 0.500. The van der Waals surface area contributed by atoms with Crippen molar-refractivity contribution in [3.63, 3.8) is 0 Å². The molecule has 1 nitrogen and oxygen atoms in total. The molecule has 0 aliphatic heterocycles. The van der Waals surface area contributed by atoms with Crippen LogP contribution in [-0.4, -0.2) is 0 Å². The van der Waals surface area contributed by atoms with Crippen LogP contribution in [-0.2, 0) is 0 Å². The summed E-state index contributed by atoms with van der Waals surface area (Å²) in [5.41, 5.74) is 8.17. The van der Waals surface area contributed by atoms with Gasteiger partial charge >= 0.3 is 0 Å². The Morgan fingerprint density at radius 3 is 2.31 bits per heavy atom. The van der Waals surface area contributed by atoms with Gasteiger partial charge in [0.25, 0.3) is 0 Å². The number of hydrogen-bond donors (Lipinski definition) is 1. The van der Waals surface area contributed by atoms with Crippen LogP contribution in [0.3, 0.4) is 0 Å². The number of rotatable bonds is 3. The van der Waals surface area contributed by atoms with Gasteiger partial charge in [0.2, 0.25) is 0 Å². The lowest BCUT2D eigenvalue weighted by molar-refractivity contribution is 0.486. The predicted octanol–water partition coefficient (Wildman–Crippen LogP) is 3.42. The summed E-state index contributed by atoms with van der Waals surface area (Å²) in [5, 5.41) is 0. The minimum Gasteiger partial charge on any atom is -0.398 e. The van der Waals surface area contributed by atoms with Gasteiger partial charge in [0, 0.05) is 5.69 Å². The zero-order valence-corrected chi connectivity index (χ0v) is 8.75. The van der Waals surface area contributed by atoms with Crippen molar-refractivity contribution in [2.45, 2.75) is 33.1 Å². The molecular formula is C12H19N. The van der Waals surface area contributed by atoms with Crippen molar-refractivity contribution in [2.75, 3.05) is 5.73 Å². The van der Waals surface area contributed by atoms with E-state index < -0.39 is 0 Å². The highest BCUT2D eigenvalue weighted by Crippen LogP contribution is 2.31. The Kier molecular flexibility index (Phi) is 3.35. The zero-order valence-electron chi connectivity index (χ0n) is 8.75. The third kappa shape index (κ3) is 2.24. The number of nitrogen functional groups attached to an aromatic ring is 1. The number of para-hydroxylation sites is 1. The van der Waals surface area contributed by atoms with Crippen molar-refractivity contribution < 1.29 is 0 Å². The van der Waals surface area contributed by atoms with Gasteiger partial charge in [-0.3, -0.25) is 0 Å². The maximum Gasteiger partial charge on any atom is 0.0349 e. The average molecular weight is 177 g/mol. The molecular weight excluding hydrogens is 158 g/mol. The molecule has 0 aromatic heterocycles. The Morgan fingerprint density at radius 1 is 1.23 bits per heavy atom. The van der Waals surface area contributed by atoms with Gasteiger partial charge < -0.3 is 5.73 Å².